The van der Waals surface area contributed by atoms with E-state index in [0.29, 0.717) is 22.8 Å². The maximum atomic E-state index is 13.6. The lowest BCUT2D eigenvalue weighted by molar-refractivity contribution is -0.136. The maximum Gasteiger partial charge on any atom is 0.355 e. The lowest BCUT2D eigenvalue weighted by Gasteiger charge is -2.28. The quantitative estimate of drug-likeness (QED) is 0.425. The number of hydrogen-bond acceptors (Lipinski definition) is 9. The molecule has 32 heavy (non-hydrogen) atoms. The van der Waals surface area contributed by atoms with Crippen molar-refractivity contribution < 1.29 is 24.2 Å². The van der Waals surface area contributed by atoms with Gasteiger partial charge in [0.1, 0.15) is 11.7 Å². The highest BCUT2D eigenvalue weighted by molar-refractivity contribution is 6.30. The van der Waals surface area contributed by atoms with Gasteiger partial charge in [-0.3, -0.25) is 4.79 Å². The SMILES string of the molecule is CCOc1cc([C@@H]2C(C(=O)c3ccc(Cl)cc3)=C(C(=O)OC)Nc3nnnn32)ccc1O. The van der Waals surface area contributed by atoms with E-state index in [1.54, 1.807) is 43.3 Å². The number of halogens is 1. The summed E-state index contributed by atoms with van der Waals surface area (Å²) in [6, 6.07) is 9.98. The van der Waals surface area contributed by atoms with Gasteiger partial charge >= 0.3 is 5.97 Å². The number of hydrogen-bond donors (Lipinski definition) is 2. The second kappa shape index (κ2) is 8.67. The van der Waals surface area contributed by atoms with Crippen molar-refractivity contribution in [2.45, 2.75) is 13.0 Å². The Morgan fingerprint density at radius 3 is 2.66 bits per heavy atom. The molecule has 10 nitrogen and oxygen atoms in total. The Morgan fingerprint density at radius 1 is 1.22 bits per heavy atom. The van der Waals surface area contributed by atoms with E-state index in [-0.39, 0.29) is 28.7 Å². The van der Waals surface area contributed by atoms with Crippen LogP contribution in [0.1, 0.15) is 28.9 Å². The molecule has 0 saturated heterocycles. The highest BCUT2D eigenvalue weighted by Crippen LogP contribution is 2.39. The van der Waals surface area contributed by atoms with Crippen LogP contribution in [0, 0.1) is 0 Å². The molecule has 0 fully saturated rings. The average molecular weight is 456 g/mol. The zero-order valence-electron chi connectivity index (χ0n) is 17.1. The number of aromatic hydroxyl groups is 1. The first-order valence-corrected chi connectivity index (χ1v) is 9.95. The number of fused-ring (bicyclic) bond motifs is 1. The van der Waals surface area contributed by atoms with Crippen molar-refractivity contribution in [1.29, 1.82) is 0 Å². The molecule has 164 valence electrons. The number of aromatic nitrogens is 4. The van der Waals surface area contributed by atoms with Gasteiger partial charge in [-0.05, 0) is 59.3 Å². The number of Topliss-reactive ketones (excluding diaryl/α,β-unsaturated/α-hetero) is 1. The minimum atomic E-state index is -0.904. The van der Waals surface area contributed by atoms with E-state index in [9.17, 15) is 14.7 Å². The Balaban J connectivity index is 1.94. The molecular formula is C21H18ClN5O5. The van der Waals surface area contributed by atoms with E-state index in [0.717, 1.165) is 0 Å². The Kier molecular flexibility index (Phi) is 5.78. The number of ether oxygens (including phenoxy) is 2. The molecule has 0 unspecified atom stereocenters. The number of allylic oxidation sites excluding steroid dienone is 1. The molecule has 2 heterocycles. The van der Waals surface area contributed by atoms with Crippen LogP contribution in [-0.2, 0) is 9.53 Å². The van der Waals surface area contributed by atoms with Crippen molar-refractivity contribution in [2.75, 3.05) is 19.0 Å². The maximum absolute atomic E-state index is 13.6. The summed E-state index contributed by atoms with van der Waals surface area (Å²) < 4.78 is 11.8. The van der Waals surface area contributed by atoms with Gasteiger partial charge in [-0.2, -0.15) is 4.68 Å². The summed E-state index contributed by atoms with van der Waals surface area (Å²) in [5.74, 6) is -0.911. The average Bonchev–Trinajstić information content (AvgIpc) is 3.27. The van der Waals surface area contributed by atoms with Gasteiger partial charge in [0, 0.05) is 10.6 Å². The fraction of sp³-hybridized carbons (Fsp3) is 0.190. The van der Waals surface area contributed by atoms with Gasteiger partial charge in [0.25, 0.3) is 0 Å². The van der Waals surface area contributed by atoms with E-state index in [2.05, 4.69) is 20.8 Å². The summed E-state index contributed by atoms with van der Waals surface area (Å²) in [4.78, 5) is 26.3. The lowest BCUT2D eigenvalue weighted by atomic mass is 9.89. The minimum Gasteiger partial charge on any atom is -0.504 e. The molecule has 0 aliphatic carbocycles. The smallest absolute Gasteiger partial charge is 0.355 e. The van der Waals surface area contributed by atoms with E-state index in [4.69, 9.17) is 21.1 Å². The Hall–Kier alpha value is -3.92. The van der Waals surface area contributed by atoms with Gasteiger partial charge in [0.15, 0.2) is 17.3 Å². The summed E-state index contributed by atoms with van der Waals surface area (Å²) in [5.41, 5.74) is 0.788. The fourth-order valence-corrected chi connectivity index (χ4v) is 3.55. The predicted molar refractivity (Wildman–Crippen MR) is 114 cm³/mol. The predicted octanol–water partition coefficient (Wildman–Crippen LogP) is 2.76. The number of anilines is 1. The molecule has 1 atom stereocenters. The molecule has 0 amide bonds. The number of rotatable bonds is 6. The summed E-state index contributed by atoms with van der Waals surface area (Å²) in [7, 11) is 1.21. The summed E-state index contributed by atoms with van der Waals surface area (Å²) in [6.45, 7) is 2.10. The third-order valence-corrected chi connectivity index (χ3v) is 5.11. The largest absolute Gasteiger partial charge is 0.504 e. The Bertz CT molecular complexity index is 1220. The molecule has 0 spiro atoms. The van der Waals surface area contributed by atoms with Crippen LogP contribution in [0.15, 0.2) is 53.7 Å². The van der Waals surface area contributed by atoms with Crippen molar-refractivity contribution in [3.8, 4) is 11.5 Å². The van der Waals surface area contributed by atoms with Crippen LogP contribution in [0.3, 0.4) is 0 Å². The molecule has 0 bridgehead atoms. The Morgan fingerprint density at radius 2 is 1.97 bits per heavy atom. The van der Waals surface area contributed by atoms with Crippen LogP contribution in [0.2, 0.25) is 5.02 Å². The van der Waals surface area contributed by atoms with Gasteiger partial charge < -0.3 is 19.9 Å². The van der Waals surface area contributed by atoms with Crippen molar-refractivity contribution in [1.82, 2.24) is 20.2 Å². The van der Waals surface area contributed by atoms with E-state index >= 15 is 0 Å². The second-order valence-electron chi connectivity index (χ2n) is 6.75. The molecule has 4 rings (SSSR count). The van der Waals surface area contributed by atoms with Crippen LogP contribution in [0.5, 0.6) is 11.5 Å². The lowest BCUT2D eigenvalue weighted by Crippen LogP contribution is -2.33. The highest BCUT2D eigenvalue weighted by Gasteiger charge is 2.38. The van der Waals surface area contributed by atoms with Crippen LogP contribution >= 0.6 is 11.6 Å². The molecule has 1 aliphatic rings. The number of nitrogens with one attached hydrogen (secondary N) is 1. The summed E-state index contributed by atoms with van der Waals surface area (Å²) >= 11 is 5.96. The first kappa shape index (κ1) is 21.3. The number of esters is 1. The standard InChI is InChI=1S/C21H18ClN5O5/c1-3-32-15-10-12(6-9-14(15)28)18-16(19(29)11-4-7-13(22)8-5-11)17(20(30)31-2)23-21-24-25-26-27(18)21/h4-10,18,28H,3H2,1-2H3,(H,23,24,26)/t18-/m1/s1. The van der Waals surface area contributed by atoms with Gasteiger partial charge in [-0.1, -0.05) is 22.8 Å². The molecule has 3 aromatic rings. The number of tetrazole rings is 1. The third kappa shape index (κ3) is 3.76. The van der Waals surface area contributed by atoms with Gasteiger partial charge in [0.05, 0.1) is 19.3 Å². The topological polar surface area (TPSA) is 128 Å². The van der Waals surface area contributed by atoms with Crippen molar-refractivity contribution in [3.63, 3.8) is 0 Å². The van der Waals surface area contributed by atoms with E-state index < -0.39 is 17.8 Å². The van der Waals surface area contributed by atoms with Crippen molar-refractivity contribution in [2.24, 2.45) is 0 Å². The number of ketones is 1. The van der Waals surface area contributed by atoms with Gasteiger partial charge in [-0.25, -0.2) is 4.79 Å². The monoisotopic (exact) mass is 455 g/mol. The summed E-state index contributed by atoms with van der Waals surface area (Å²) in [5, 5.41) is 24.9. The molecular weight excluding hydrogens is 438 g/mol. The van der Waals surface area contributed by atoms with Gasteiger partial charge in [0.2, 0.25) is 5.95 Å². The first-order valence-electron chi connectivity index (χ1n) is 9.58. The Labute approximate surface area is 187 Å². The number of phenols is 1. The van der Waals surface area contributed by atoms with Crippen LogP contribution in [0.25, 0.3) is 0 Å². The normalized spacial score (nSPS) is 15.0. The zero-order valence-corrected chi connectivity index (χ0v) is 17.8. The third-order valence-electron chi connectivity index (χ3n) is 4.86. The highest BCUT2D eigenvalue weighted by atomic mass is 35.5. The zero-order chi connectivity index (χ0) is 22.8. The number of methoxy groups -OCH3 is 1. The molecule has 1 aliphatic heterocycles. The molecule has 11 heteroatoms. The van der Waals surface area contributed by atoms with Crippen molar-refractivity contribution >= 4 is 29.3 Å². The number of carbonyl (C=O) groups is 2. The van der Waals surface area contributed by atoms with Gasteiger partial charge in [-0.15, -0.1) is 0 Å². The number of phenolic OH excluding ortho intramolecular Hbond substituents is 1. The number of carbonyl (C=O) groups excluding carboxylic acids is 2. The second-order valence-corrected chi connectivity index (χ2v) is 7.19. The van der Waals surface area contributed by atoms with Crippen molar-refractivity contribution in [3.05, 3.63) is 69.9 Å². The number of nitrogens with zero attached hydrogens (tertiary/aromatic N) is 4. The van der Waals surface area contributed by atoms with Crippen LogP contribution in [0.4, 0.5) is 5.95 Å². The van der Waals surface area contributed by atoms with E-state index in [1.807, 2.05) is 0 Å². The minimum absolute atomic E-state index is 0.0621. The summed E-state index contributed by atoms with van der Waals surface area (Å²) in [6.07, 6.45) is 0. The molecule has 0 radical (unpaired) electrons. The van der Waals surface area contributed by atoms with Crippen LogP contribution < -0.4 is 10.1 Å². The molecule has 0 saturated carbocycles. The molecule has 2 N–H and O–H groups in total. The number of benzene rings is 2. The van der Waals surface area contributed by atoms with E-state index in [1.165, 1.54) is 17.9 Å². The first-order chi connectivity index (χ1) is 15.4. The molecule has 1 aromatic heterocycles. The molecule has 2 aromatic carbocycles. The van der Waals surface area contributed by atoms with Crippen LogP contribution in [-0.4, -0.2) is 50.8 Å². The fourth-order valence-electron chi connectivity index (χ4n) is 3.43.